The normalized spacial score (nSPS) is 15.6. The molecule has 0 saturated heterocycles. The molecule has 1 aromatic heterocycles. The van der Waals surface area contributed by atoms with Crippen molar-refractivity contribution in [2.24, 2.45) is 5.92 Å². The Balaban J connectivity index is 2.26. The summed E-state index contributed by atoms with van der Waals surface area (Å²) < 4.78 is 0. The predicted octanol–water partition coefficient (Wildman–Crippen LogP) is 1.93. The molecule has 0 radical (unpaired) electrons. The Labute approximate surface area is 80.0 Å². The number of H-pyrrole nitrogens is 1. The van der Waals surface area contributed by atoms with Crippen LogP contribution in [0, 0.1) is 5.92 Å². The average Bonchev–Trinajstić information content (AvgIpc) is 2.65. The molecule has 13 heavy (non-hydrogen) atoms. The van der Waals surface area contributed by atoms with Crippen LogP contribution in [0.2, 0.25) is 0 Å². The van der Waals surface area contributed by atoms with Crippen LogP contribution in [0.15, 0.2) is 12.4 Å². The lowest BCUT2D eigenvalue weighted by Crippen LogP contribution is -2.31. The number of rotatable bonds is 5. The summed E-state index contributed by atoms with van der Waals surface area (Å²) >= 11 is 0. The molecule has 0 aromatic carbocycles. The number of nitrogens with zero attached hydrogens (tertiary/aromatic N) is 1. The van der Waals surface area contributed by atoms with Crippen LogP contribution in [0.1, 0.15) is 33.0 Å². The van der Waals surface area contributed by atoms with Crippen LogP contribution >= 0.6 is 0 Å². The largest absolute Gasteiger partial charge is 0.348 e. The smallest absolute Gasteiger partial charge is 0.120 e. The molecule has 0 aliphatic carbocycles. The molecule has 2 N–H and O–H groups in total. The van der Waals surface area contributed by atoms with Crippen molar-refractivity contribution in [2.75, 3.05) is 0 Å². The van der Waals surface area contributed by atoms with Crippen LogP contribution in [-0.2, 0) is 6.54 Å². The maximum atomic E-state index is 4.16. The van der Waals surface area contributed by atoms with E-state index in [9.17, 15) is 0 Å². The fraction of sp³-hybridized carbons (Fsp3) is 0.700. The third kappa shape index (κ3) is 3.19. The summed E-state index contributed by atoms with van der Waals surface area (Å²) in [7, 11) is 0. The van der Waals surface area contributed by atoms with E-state index in [1.54, 1.807) is 6.20 Å². The monoisotopic (exact) mass is 181 g/mol. The number of hydrogen-bond acceptors (Lipinski definition) is 2. The van der Waals surface area contributed by atoms with Gasteiger partial charge < -0.3 is 10.3 Å². The summed E-state index contributed by atoms with van der Waals surface area (Å²) in [5.41, 5.74) is 0. The minimum absolute atomic E-state index is 0.551. The van der Waals surface area contributed by atoms with Crippen molar-refractivity contribution in [1.29, 1.82) is 0 Å². The summed E-state index contributed by atoms with van der Waals surface area (Å²) in [4.78, 5) is 7.23. The van der Waals surface area contributed by atoms with Crippen LogP contribution in [-0.4, -0.2) is 16.0 Å². The number of nitrogens with one attached hydrogen (secondary N) is 2. The molecule has 0 spiro atoms. The van der Waals surface area contributed by atoms with Crippen molar-refractivity contribution in [3.63, 3.8) is 0 Å². The Bertz CT molecular complexity index is 218. The highest BCUT2D eigenvalue weighted by Crippen LogP contribution is 2.06. The van der Waals surface area contributed by atoms with Gasteiger partial charge in [-0.05, 0) is 12.8 Å². The number of aromatic nitrogens is 2. The molecule has 1 heterocycles. The van der Waals surface area contributed by atoms with Crippen molar-refractivity contribution in [3.8, 4) is 0 Å². The Hall–Kier alpha value is -0.830. The van der Waals surface area contributed by atoms with E-state index in [0.29, 0.717) is 6.04 Å². The predicted molar refractivity (Wildman–Crippen MR) is 54.3 cm³/mol. The third-order valence-electron chi connectivity index (χ3n) is 2.64. The SMILES string of the molecule is CCC(C)C(C)NCc1ncc[nH]1. The van der Waals surface area contributed by atoms with E-state index in [-0.39, 0.29) is 0 Å². The first-order valence-corrected chi connectivity index (χ1v) is 4.95. The summed E-state index contributed by atoms with van der Waals surface area (Å²) in [6.45, 7) is 7.53. The van der Waals surface area contributed by atoms with Crippen LogP contribution < -0.4 is 5.32 Å². The third-order valence-corrected chi connectivity index (χ3v) is 2.64. The van der Waals surface area contributed by atoms with E-state index in [1.807, 2.05) is 6.20 Å². The molecule has 1 rings (SSSR count). The molecule has 0 amide bonds. The standard InChI is InChI=1S/C10H19N3/c1-4-8(2)9(3)13-7-10-11-5-6-12-10/h5-6,8-9,13H,4,7H2,1-3H3,(H,11,12). The average molecular weight is 181 g/mol. The van der Waals surface area contributed by atoms with Gasteiger partial charge in [-0.3, -0.25) is 0 Å². The molecule has 1 aromatic rings. The summed E-state index contributed by atoms with van der Waals surface area (Å²) in [5, 5.41) is 3.44. The highest BCUT2D eigenvalue weighted by molar-refractivity contribution is 4.86. The molecule has 0 aliphatic rings. The first-order chi connectivity index (χ1) is 6.24. The second-order valence-electron chi connectivity index (χ2n) is 3.59. The Kier molecular flexibility index (Phi) is 3.96. The minimum atomic E-state index is 0.551. The van der Waals surface area contributed by atoms with Gasteiger partial charge in [-0.25, -0.2) is 4.98 Å². The zero-order valence-electron chi connectivity index (χ0n) is 8.67. The number of aromatic amines is 1. The van der Waals surface area contributed by atoms with Gasteiger partial charge in [0.1, 0.15) is 5.82 Å². The van der Waals surface area contributed by atoms with Crippen molar-refractivity contribution in [1.82, 2.24) is 15.3 Å². The van der Waals surface area contributed by atoms with Crippen LogP contribution in [0.4, 0.5) is 0 Å². The molecule has 0 saturated carbocycles. The van der Waals surface area contributed by atoms with Gasteiger partial charge in [0.25, 0.3) is 0 Å². The fourth-order valence-corrected chi connectivity index (χ4v) is 1.21. The molecule has 74 valence electrons. The van der Waals surface area contributed by atoms with Gasteiger partial charge >= 0.3 is 0 Å². The zero-order valence-corrected chi connectivity index (χ0v) is 8.67. The maximum Gasteiger partial charge on any atom is 0.120 e. The molecule has 2 unspecified atom stereocenters. The molecular formula is C10H19N3. The molecule has 3 heteroatoms. The van der Waals surface area contributed by atoms with Gasteiger partial charge in [-0.15, -0.1) is 0 Å². The van der Waals surface area contributed by atoms with Gasteiger partial charge in [0.2, 0.25) is 0 Å². The van der Waals surface area contributed by atoms with E-state index in [0.717, 1.165) is 18.3 Å². The highest BCUT2D eigenvalue weighted by atomic mass is 15.0. The maximum absolute atomic E-state index is 4.16. The van der Waals surface area contributed by atoms with E-state index >= 15 is 0 Å². The van der Waals surface area contributed by atoms with E-state index in [4.69, 9.17) is 0 Å². The van der Waals surface area contributed by atoms with E-state index in [2.05, 4.69) is 36.1 Å². The molecule has 0 bridgehead atoms. The van der Waals surface area contributed by atoms with Gasteiger partial charge in [-0.1, -0.05) is 20.3 Å². The summed E-state index contributed by atoms with van der Waals surface area (Å²) in [5.74, 6) is 1.73. The summed E-state index contributed by atoms with van der Waals surface area (Å²) in [6.07, 6.45) is 4.85. The van der Waals surface area contributed by atoms with Crippen LogP contribution in [0.25, 0.3) is 0 Å². The van der Waals surface area contributed by atoms with Crippen molar-refractivity contribution in [2.45, 2.75) is 39.8 Å². The van der Waals surface area contributed by atoms with Gasteiger partial charge in [0.05, 0.1) is 6.54 Å². The van der Waals surface area contributed by atoms with Crippen molar-refractivity contribution < 1.29 is 0 Å². The van der Waals surface area contributed by atoms with Gasteiger partial charge in [0, 0.05) is 18.4 Å². The van der Waals surface area contributed by atoms with Crippen molar-refractivity contribution >= 4 is 0 Å². The van der Waals surface area contributed by atoms with Gasteiger partial charge in [0.15, 0.2) is 0 Å². The lowest BCUT2D eigenvalue weighted by atomic mass is 10.0. The van der Waals surface area contributed by atoms with E-state index < -0.39 is 0 Å². The minimum Gasteiger partial charge on any atom is -0.348 e. The first-order valence-electron chi connectivity index (χ1n) is 4.95. The topological polar surface area (TPSA) is 40.7 Å². The van der Waals surface area contributed by atoms with Crippen LogP contribution in [0.3, 0.4) is 0 Å². The Morgan fingerprint density at radius 3 is 2.85 bits per heavy atom. The molecular weight excluding hydrogens is 162 g/mol. The fourth-order valence-electron chi connectivity index (χ4n) is 1.21. The second kappa shape index (κ2) is 5.02. The Morgan fingerprint density at radius 2 is 2.31 bits per heavy atom. The first kappa shape index (κ1) is 10.3. The number of imidazole rings is 1. The molecule has 0 aliphatic heterocycles. The quantitative estimate of drug-likeness (QED) is 0.728. The Morgan fingerprint density at radius 1 is 1.54 bits per heavy atom. The molecule has 3 nitrogen and oxygen atoms in total. The molecule has 2 atom stereocenters. The van der Waals surface area contributed by atoms with Crippen LogP contribution in [0.5, 0.6) is 0 Å². The van der Waals surface area contributed by atoms with Crippen molar-refractivity contribution in [3.05, 3.63) is 18.2 Å². The highest BCUT2D eigenvalue weighted by Gasteiger charge is 2.09. The lowest BCUT2D eigenvalue weighted by Gasteiger charge is -2.19. The second-order valence-corrected chi connectivity index (χ2v) is 3.59. The molecule has 0 fully saturated rings. The van der Waals surface area contributed by atoms with E-state index in [1.165, 1.54) is 6.42 Å². The summed E-state index contributed by atoms with van der Waals surface area (Å²) in [6, 6.07) is 0.551. The van der Waals surface area contributed by atoms with Gasteiger partial charge in [-0.2, -0.15) is 0 Å². The lowest BCUT2D eigenvalue weighted by molar-refractivity contribution is 0.386. The zero-order chi connectivity index (χ0) is 9.68. The number of hydrogen-bond donors (Lipinski definition) is 2.